The lowest BCUT2D eigenvalue weighted by Crippen LogP contribution is -2.45. The van der Waals surface area contributed by atoms with Crippen molar-refractivity contribution in [2.45, 2.75) is 31.4 Å². The third kappa shape index (κ3) is 2.26. The van der Waals surface area contributed by atoms with Gasteiger partial charge in [0.2, 0.25) is 0 Å². The molecule has 5 heteroatoms. The van der Waals surface area contributed by atoms with Gasteiger partial charge in [0.05, 0.1) is 19.8 Å². The molecule has 0 bridgehead atoms. The van der Waals surface area contributed by atoms with E-state index in [0.717, 1.165) is 31.3 Å². The van der Waals surface area contributed by atoms with Crippen molar-refractivity contribution in [1.82, 2.24) is 0 Å². The van der Waals surface area contributed by atoms with Crippen molar-refractivity contribution in [1.29, 1.82) is 0 Å². The standard InChI is InChI=1S/C15H19NO4/c1-14(9-19-14)16(15(2)10-20-15)11-3-5-12(6-4-11)17-7-13-8-18-13/h3-6,13H,7-10H2,1-2H3. The molecule has 0 amide bonds. The van der Waals surface area contributed by atoms with Crippen molar-refractivity contribution >= 4 is 5.69 Å². The first-order valence-corrected chi connectivity index (χ1v) is 7.02. The number of hydrogen-bond acceptors (Lipinski definition) is 5. The number of rotatable bonds is 6. The highest BCUT2D eigenvalue weighted by molar-refractivity contribution is 5.54. The van der Waals surface area contributed by atoms with Gasteiger partial charge < -0.3 is 23.8 Å². The van der Waals surface area contributed by atoms with Crippen molar-refractivity contribution in [3.8, 4) is 5.75 Å². The van der Waals surface area contributed by atoms with Crippen molar-refractivity contribution in [3.63, 3.8) is 0 Å². The van der Waals surface area contributed by atoms with Crippen molar-refractivity contribution in [2.24, 2.45) is 0 Å². The fourth-order valence-electron chi connectivity index (χ4n) is 2.56. The normalized spacial score (nSPS) is 37.4. The highest BCUT2D eigenvalue weighted by atomic mass is 16.7. The van der Waals surface area contributed by atoms with E-state index in [0.29, 0.717) is 6.61 Å². The lowest BCUT2D eigenvalue weighted by molar-refractivity contribution is 0.230. The van der Waals surface area contributed by atoms with Gasteiger partial charge >= 0.3 is 0 Å². The highest BCUT2D eigenvalue weighted by Crippen LogP contribution is 2.46. The molecule has 5 nitrogen and oxygen atoms in total. The van der Waals surface area contributed by atoms with Crippen LogP contribution in [0.4, 0.5) is 5.69 Å². The maximum absolute atomic E-state index is 5.66. The number of nitrogens with zero attached hydrogens (tertiary/aromatic N) is 1. The van der Waals surface area contributed by atoms with Crippen LogP contribution in [0, 0.1) is 0 Å². The Morgan fingerprint density at radius 1 is 1.15 bits per heavy atom. The summed E-state index contributed by atoms with van der Waals surface area (Å²) in [7, 11) is 0. The van der Waals surface area contributed by atoms with Gasteiger partial charge in [-0.3, -0.25) is 0 Å². The summed E-state index contributed by atoms with van der Waals surface area (Å²) in [6.07, 6.45) is 0.281. The molecule has 3 atom stereocenters. The van der Waals surface area contributed by atoms with E-state index in [1.54, 1.807) is 0 Å². The number of hydrogen-bond donors (Lipinski definition) is 0. The van der Waals surface area contributed by atoms with E-state index in [2.05, 4.69) is 30.9 Å². The van der Waals surface area contributed by atoms with E-state index >= 15 is 0 Å². The number of anilines is 1. The van der Waals surface area contributed by atoms with Crippen LogP contribution in [0.2, 0.25) is 0 Å². The minimum Gasteiger partial charge on any atom is -0.491 e. The molecule has 3 heterocycles. The molecule has 1 aromatic rings. The Kier molecular flexibility index (Phi) is 2.55. The lowest BCUT2D eigenvalue weighted by atomic mass is 10.1. The van der Waals surface area contributed by atoms with Gasteiger partial charge in [-0.05, 0) is 38.1 Å². The number of benzene rings is 1. The van der Waals surface area contributed by atoms with Crippen molar-refractivity contribution in [2.75, 3.05) is 31.3 Å². The van der Waals surface area contributed by atoms with Gasteiger partial charge in [0.1, 0.15) is 18.5 Å². The average molecular weight is 277 g/mol. The quantitative estimate of drug-likeness (QED) is 0.742. The molecule has 3 aliphatic heterocycles. The average Bonchev–Trinajstić information content (AvgIpc) is 3.25. The van der Waals surface area contributed by atoms with Crippen molar-refractivity contribution < 1.29 is 18.9 Å². The summed E-state index contributed by atoms with van der Waals surface area (Å²) >= 11 is 0. The maximum atomic E-state index is 5.66. The smallest absolute Gasteiger partial charge is 0.164 e. The predicted octanol–water partition coefficient (Wildman–Crippen LogP) is 1.76. The maximum Gasteiger partial charge on any atom is 0.164 e. The molecule has 0 N–H and O–H groups in total. The summed E-state index contributed by atoms with van der Waals surface area (Å²) in [6, 6.07) is 8.09. The summed E-state index contributed by atoms with van der Waals surface area (Å²) < 4.78 is 22.0. The molecule has 108 valence electrons. The van der Waals surface area contributed by atoms with Gasteiger partial charge in [-0.15, -0.1) is 0 Å². The molecular formula is C15H19NO4. The summed E-state index contributed by atoms with van der Waals surface area (Å²) in [5, 5.41) is 0. The summed E-state index contributed by atoms with van der Waals surface area (Å²) in [4.78, 5) is 2.22. The van der Waals surface area contributed by atoms with Crippen molar-refractivity contribution in [3.05, 3.63) is 24.3 Å². The Labute approximate surface area is 118 Å². The van der Waals surface area contributed by atoms with Crippen LogP contribution >= 0.6 is 0 Å². The van der Waals surface area contributed by atoms with Gasteiger partial charge in [-0.25, -0.2) is 0 Å². The first kappa shape index (κ1) is 12.4. The largest absolute Gasteiger partial charge is 0.491 e. The fraction of sp³-hybridized carbons (Fsp3) is 0.600. The Bertz CT molecular complexity index is 485. The third-order valence-electron chi connectivity index (χ3n) is 4.00. The predicted molar refractivity (Wildman–Crippen MR) is 72.9 cm³/mol. The number of epoxide rings is 3. The Morgan fingerprint density at radius 2 is 1.70 bits per heavy atom. The summed E-state index contributed by atoms with van der Waals surface area (Å²) in [5.74, 6) is 0.868. The first-order valence-electron chi connectivity index (χ1n) is 7.02. The van der Waals surface area contributed by atoms with Gasteiger partial charge in [0, 0.05) is 5.69 Å². The minimum atomic E-state index is -0.241. The molecule has 0 aliphatic carbocycles. The van der Waals surface area contributed by atoms with Gasteiger partial charge in [-0.1, -0.05) is 0 Å². The van der Waals surface area contributed by atoms with E-state index in [-0.39, 0.29) is 17.6 Å². The molecule has 1 aromatic carbocycles. The molecule has 20 heavy (non-hydrogen) atoms. The molecule has 3 unspecified atom stereocenters. The monoisotopic (exact) mass is 277 g/mol. The van der Waals surface area contributed by atoms with Crippen LogP contribution in [0.25, 0.3) is 0 Å². The van der Waals surface area contributed by atoms with Crippen LogP contribution in [0.1, 0.15) is 13.8 Å². The van der Waals surface area contributed by atoms with Crippen LogP contribution in [0.5, 0.6) is 5.75 Å². The lowest BCUT2D eigenvalue weighted by Gasteiger charge is -2.32. The van der Waals surface area contributed by atoms with Crippen LogP contribution in [0.15, 0.2) is 24.3 Å². The molecule has 3 fully saturated rings. The number of ether oxygens (including phenoxy) is 4. The Balaban J connectivity index is 1.51. The second-order valence-corrected chi connectivity index (χ2v) is 6.02. The summed E-state index contributed by atoms with van der Waals surface area (Å²) in [6.45, 7) is 7.11. The molecule has 0 aromatic heterocycles. The van der Waals surface area contributed by atoms with Gasteiger partial charge in [0.15, 0.2) is 11.4 Å². The van der Waals surface area contributed by atoms with E-state index < -0.39 is 0 Å². The zero-order valence-corrected chi connectivity index (χ0v) is 11.8. The van der Waals surface area contributed by atoms with E-state index in [1.165, 1.54) is 0 Å². The topological polar surface area (TPSA) is 50.1 Å². The van der Waals surface area contributed by atoms with E-state index in [4.69, 9.17) is 18.9 Å². The summed E-state index contributed by atoms with van der Waals surface area (Å²) in [5.41, 5.74) is 0.616. The molecule has 0 spiro atoms. The molecule has 0 radical (unpaired) electrons. The molecule has 3 saturated heterocycles. The first-order chi connectivity index (χ1) is 9.59. The van der Waals surface area contributed by atoms with Gasteiger partial charge in [-0.2, -0.15) is 0 Å². The Hall–Kier alpha value is -1.30. The zero-order chi connectivity index (χ0) is 13.8. The Morgan fingerprint density at radius 3 is 2.15 bits per heavy atom. The highest BCUT2D eigenvalue weighted by Gasteiger charge is 2.58. The second-order valence-electron chi connectivity index (χ2n) is 6.02. The third-order valence-corrected chi connectivity index (χ3v) is 4.00. The minimum absolute atomic E-state index is 0.241. The zero-order valence-electron chi connectivity index (χ0n) is 11.8. The van der Waals surface area contributed by atoms with Crippen LogP contribution in [-0.4, -0.2) is 44.0 Å². The van der Waals surface area contributed by atoms with Crippen LogP contribution < -0.4 is 9.64 Å². The fourth-order valence-corrected chi connectivity index (χ4v) is 2.56. The molecule has 0 saturated carbocycles. The van der Waals surface area contributed by atoms with E-state index in [9.17, 15) is 0 Å². The van der Waals surface area contributed by atoms with Crippen LogP contribution in [0.3, 0.4) is 0 Å². The van der Waals surface area contributed by atoms with Gasteiger partial charge in [0.25, 0.3) is 0 Å². The van der Waals surface area contributed by atoms with Crippen LogP contribution in [-0.2, 0) is 14.2 Å². The second kappa shape index (κ2) is 4.10. The molecular weight excluding hydrogens is 258 g/mol. The van der Waals surface area contributed by atoms with E-state index in [1.807, 2.05) is 12.1 Å². The SMILES string of the molecule is CC1(N(c2ccc(OCC3CO3)cc2)C2(C)CO2)CO1. The molecule has 3 aliphatic rings. The molecule has 4 rings (SSSR count).